The summed E-state index contributed by atoms with van der Waals surface area (Å²) in [5.74, 6) is 1.04. The predicted octanol–water partition coefficient (Wildman–Crippen LogP) is 7.16. The summed E-state index contributed by atoms with van der Waals surface area (Å²) in [5.41, 5.74) is 2.09. The van der Waals surface area contributed by atoms with Crippen molar-refractivity contribution in [3.63, 3.8) is 0 Å². The Morgan fingerprint density at radius 2 is 1.62 bits per heavy atom. The molecule has 4 heteroatoms. The molecule has 1 aromatic heterocycles. The Hall–Kier alpha value is -0.597. The Bertz CT molecular complexity index is 544. The number of allylic oxidation sites excluding steroid dienone is 2. The quantitative estimate of drug-likeness (QED) is 0.201. The maximum atomic E-state index is 4.51. The number of aromatic nitrogens is 1. The molecule has 0 saturated heterocycles. The Balaban J connectivity index is 0.00000338. The summed E-state index contributed by atoms with van der Waals surface area (Å²) in [4.78, 5) is 4.42. The molecule has 1 unspecified atom stereocenters. The van der Waals surface area contributed by atoms with Crippen molar-refractivity contribution in [3.05, 3.63) is 53.8 Å². The van der Waals surface area contributed by atoms with Crippen molar-refractivity contribution in [1.82, 2.24) is 4.98 Å². The Morgan fingerprint density at radius 3 is 2.23 bits per heavy atom. The zero-order chi connectivity index (χ0) is 17.8. The van der Waals surface area contributed by atoms with Crippen LogP contribution in [0.4, 0.5) is 0 Å². The number of hydrogen-bond acceptors (Lipinski definition) is 2. The van der Waals surface area contributed by atoms with Crippen LogP contribution in [-0.2, 0) is 19.5 Å². The molecule has 2 nitrogen and oxygen atoms in total. The largest absolute Gasteiger partial charge is 1.00 e. The number of unbranched alkanes of at least 4 members (excludes halogenated alkanes) is 8. The van der Waals surface area contributed by atoms with Gasteiger partial charge in [0.05, 0.1) is 0 Å². The molecular formula is C22H33N2RuS. The number of rotatable bonds is 12. The van der Waals surface area contributed by atoms with Gasteiger partial charge in [0, 0.05) is 17.3 Å². The van der Waals surface area contributed by atoms with Crippen LogP contribution in [0.3, 0.4) is 0 Å². The van der Waals surface area contributed by atoms with E-state index >= 15 is 0 Å². The van der Waals surface area contributed by atoms with Crippen LogP contribution in [0.1, 0.15) is 76.8 Å². The van der Waals surface area contributed by atoms with Crippen LogP contribution >= 0.6 is 12.6 Å². The second kappa shape index (κ2) is 13.6. The third-order valence-electron chi connectivity index (χ3n) is 4.94. The summed E-state index contributed by atoms with van der Waals surface area (Å²) in [5, 5.41) is 4.51. The third-order valence-corrected chi connectivity index (χ3v) is 5.25. The van der Waals surface area contributed by atoms with Crippen LogP contribution < -0.4 is 0 Å². The van der Waals surface area contributed by atoms with Gasteiger partial charge in [0.15, 0.2) is 0 Å². The van der Waals surface area contributed by atoms with E-state index in [1.54, 1.807) is 0 Å². The van der Waals surface area contributed by atoms with Gasteiger partial charge in [-0.1, -0.05) is 76.5 Å². The molecule has 2 heterocycles. The number of nitrogens with zero attached hydrogens (tertiary/aromatic N) is 2. The second-order valence-corrected chi connectivity index (χ2v) is 7.80. The van der Waals surface area contributed by atoms with Crippen molar-refractivity contribution in [3.8, 4) is 0 Å². The minimum atomic E-state index is 0. The summed E-state index contributed by atoms with van der Waals surface area (Å²) in [6.45, 7) is 2.31. The van der Waals surface area contributed by atoms with Gasteiger partial charge < -0.3 is 5.32 Å². The average molecular weight is 459 g/mol. The summed E-state index contributed by atoms with van der Waals surface area (Å²) >= 11 is 4.26. The molecule has 0 aromatic carbocycles. The summed E-state index contributed by atoms with van der Waals surface area (Å²) in [6.07, 6.45) is 21.7. The third kappa shape index (κ3) is 8.86. The van der Waals surface area contributed by atoms with E-state index in [1.807, 2.05) is 30.6 Å². The van der Waals surface area contributed by atoms with Crippen LogP contribution in [-0.4, -0.2) is 10.7 Å². The molecule has 1 aromatic rings. The fourth-order valence-corrected chi connectivity index (χ4v) is 3.57. The monoisotopic (exact) mass is 459 g/mol. The number of pyridine rings is 1. The zero-order valence-electron chi connectivity index (χ0n) is 16.0. The fraction of sp³-hybridized carbons (Fsp3) is 0.591. The van der Waals surface area contributed by atoms with E-state index in [-0.39, 0.29) is 24.9 Å². The standard InChI is InChI=1S/C22H33N2S.Ru/c1-22(14-10-7-5-3-2-4-6-8-12-18-25)15-17-24-21(19-22)20-13-9-11-16-23-20;/h9,11,13,15-17,19,25H,2-8,10,12,14,18H2,1H3;/q-1;+1. The maximum Gasteiger partial charge on any atom is 1.00 e. The molecule has 1 atom stereocenters. The van der Waals surface area contributed by atoms with Crippen molar-refractivity contribution in [1.29, 1.82) is 0 Å². The van der Waals surface area contributed by atoms with Gasteiger partial charge in [-0.2, -0.15) is 18.8 Å². The first-order chi connectivity index (χ1) is 12.2. The minimum Gasteiger partial charge on any atom is -0.663 e. The molecular weight excluding hydrogens is 425 g/mol. The molecule has 0 aliphatic carbocycles. The number of hydrogen-bond donors (Lipinski definition) is 1. The molecule has 1 radical (unpaired) electrons. The van der Waals surface area contributed by atoms with Crippen LogP contribution in [0.25, 0.3) is 11.0 Å². The topological polar surface area (TPSA) is 27.0 Å². The van der Waals surface area contributed by atoms with Crippen molar-refractivity contribution in [2.45, 2.75) is 71.1 Å². The molecule has 0 N–H and O–H groups in total. The van der Waals surface area contributed by atoms with Crippen LogP contribution in [0, 0.1) is 5.41 Å². The van der Waals surface area contributed by atoms with E-state index in [4.69, 9.17) is 0 Å². The Morgan fingerprint density at radius 1 is 0.962 bits per heavy atom. The van der Waals surface area contributed by atoms with E-state index in [0.717, 1.165) is 17.1 Å². The average Bonchev–Trinajstić information content (AvgIpc) is 2.64. The van der Waals surface area contributed by atoms with Crippen LogP contribution in [0.15, 0.2) is 42.7 Å². The molecule has 1 aliphatic rings. The van der Waals surface area contributed by atoms with Crippen LogP contribution in [0.2, 0.25) is 0 Å². The second-order valence-electron chi connectivity index (χ2n) is 7.35. The van der Waals surface area contributed by atoms with Gasteiger partial charge >= 0.3 is 19.5 Å². The summed E-state index contributed by atoms with van der Waals surface area (Å²) in [7, 11) is 0. The first-order valence-corrected chi connectivity index (χ1v) is 10.5. The Kier molecular flexibility index (Phi) is 12.2. The van der Waals surface area contributed by atoms with Crippen molar-refractivity contribution < 1.29 is 19.5 Å². The van der Waals surface area contributed by atoms with Gasteiger partial charge in [-0.3, -0.25) is 4.98 Å². The minimum absolute atomic E-state index is 0. The molecule has 2 rings (SSSR count). The fourth-order valence-electron chi connectivity index (χ4n) is 3.35. The first kappa shape index (κ1) is 23.4. The molecule has 0 saturated carbocycles. The Labute approximate surface area is 178 Å². The van der Waals surface area contributed by atoms with Gasteiger partial charge in [-0.15, -0.1) is 5.70 Å². The first-order valence-electron chi connectivity index (χ1n) is 9.87. The SMILES string of the molecule is CC1(CCCCCCCCCCCS)C=C[N-]C(c2ccccn2)=C1.[Ru+]. The maximum absolute atomic E-state index is 4.51. The summed E-state index contributed by atoms with van der Waals surface area (Å²) < 4.78 is 0. The molecule has 145 valence electrons. The van der Waals surface area contributed by atoms with E-state index in [2.05, 4.69) is 42.0 Å². The van der Waals surface area contributed by atoms with Crippen molar-refractivity contribution in [2.75, 3.05) is 5.75 Å². The van der Waals surface area contributed by atoms with Crippen LogP contribution in [0.5, 0.6) is 0 Å². The van der Waals surface area contributed by atoms with Gasteiger partial charge in [0.25, 0.3) is 0 Å². The molecule has 0 fully saturated rings. The molecule has 0 spiro atoms. The zero-order valence-corrected chi connectivity index (χ0v) is 18.6. The molecule has 0 bridgehead atoms. The molecule has 1 aliphatic heterocycles. The molecule has 26 heavy (non-hydrogen) atoms. The van der Waals surface area contributed by atoms with E-state index in [9.17, 15) is 0 Å². The van der Waals surface area contributed by atoms with Gasteiger partial charge in [0.2, 0.25) is 0 Å². The normalized spacial score (nSPS) is 18.8. The smallest absolute Gasteiger partial charge is 0.663 e. The van der Waals surface area contributed by atoms with Crippen molar-refractivity contribution >= 4 is 18.3 Å². The summed E-state index contributed by atoms with van der Waals surface area (Å²) in [6, 6.07) is 6.00. The van der Waals surface area contributed by atoms with Crippen molar-refractivity contribution in [2.24, 2.45) is 5.41 Å². The van der Waals surface area contributed by atoms with Gasteiger partial charge in [-0.25, -0.2) is 0 Å². The van der Waals surface area contributed by atoms with E-state index < -0.39 is 0 Å². The number of thiol groups is 1. The molecule has 0 amide bonds. The van der Waals surface area contributed by atoms with E-state index in [0.29, 0.717) is 0 Å². The van der Waals surface area contributed by atoms with Gasteiger partial charge in [0.1, 0.15) is 0 Å². The van der Waals surface area contributed by atoms with Gasteiger partial charge in [-0.05, 0) is 30.7 Å². The predicted molar refractivity (Wildman–Crippen MR) is 113 cm³/mol. The van der Waals surface area contributed by atoms with E-state index in [1.165, 1.54) is 64.2 Å².